The number of carbonyl (C=O) groups excluding carboxylic acids is 1. The lowest BCUT2D eigenvalue weighted by atomic mass is 9.92. The molecule has 0 spiro atoms. The predicted octanol–water partition coefficient (Wildman–Crippen LogP) is 2.13. The lowest BCUT2D eigenvalue weighted by Gasteiger charge is -2.15. The number of hydrogen-bond acceptors (Lipinski definition) is 4. The molecule has 0 fully saturated rings. The quantitative estimate of drug-likeness (QED) is 0.905. The Morgan fingerprint density at radius 2 is 1.61 bits per heavy atom. The summed E-state index contributed by atoms with van der Waals surface area (Å²) in [5.74, 6) is -2.85. The Morgan fingerprint density at radius 3 is 2.22 bits per heavy atom. The van der Waals surface area contributed by atoms with Gasteiger partial charge in [0.15, 0.2) is 5.92 Å². The van der Waals surface area contributed by atoms with Crippen LogP contribution in [0, 0.1) is 5.92 Å². The second-order valence-corrected chi connectivity index (χ2v) is 5.04. The number of carboxylic acids is 1. The van der Waals surface area contributed by atoms with Crippen molar-refractivity contribution in [2.24, 2.45) is 11.1 Å². The number of carbonyl (C=O) groups is 2. The highest BCUT2D eigenvalue weighted by molar-refractivity contribution is 6.16. The van der Waals surface area contributed by atoms with Crippen LogP contribution in [0.2, 0.25) is 0 Å². The first-order valence-electron chi connectivity index (χ1n) is 7.04. The van der Waals surface area contributed by atoms with E-state index in [1.165, 1.54) is 0 Å². The van der Waals surface area contributed by atoms with Crippen molar-refractivity contribution in [1.82, 2.24) is 0 Å². The van der Waals surface area contributed by atoms with E-state index in [1.54, 1.807) is 48.5 Å². The average molecular weight is 310 g/mol. The highest BCUT2D eigenvalue weighted by Crippen LogP contribution is 2.25. The van der Waals surface area contributed by atoms with Crippen LogP contribution in [0.4, 0.5) is 5.69 Å². The Kier molecular flexibility index (Phi) is 4.05. The molecule has 3 rings (SSSR count). The van der Waals surface area contributed by atoms with E-state index in [1.807, 2.05) is 12.1 Å². The van der Waals surface area contributed by atoms with Crippen LogP contribution in [-0.2, 0) is 14.4 Å². The van der Waals surface area contributed by atoms with Crippen LogP contribution in [0.1, 0.15) is 5.56 Å². The maximum atomic E-state index is 12.3. The first-order chi connectivity index (χ1) is 11.2. The molecule has 1 heterocycles. The molecular weight excluding hydrogens is 296 g/mol. The summed E-state index contributed by atoms with van der Waals surface area (Å²) in [7, 11) is 0. The number of nitrogens with zero attached hydrogens (tertiary/aromatic N) is 1. The van der Waals surface area contributed by atoms with E-state index in [9.17, 15) is 14.7 Å². The Bertz CT molecular complexity index is 744. The number of aliphatic carboxylic acids is 1. The topological polar surface area (TPSA) is 88.0 Å². The summed E-state index contributed by atoms with van der Waals surface area (Å²) >= 11 is 0. The van der Waals surface area contributed by atoms with Crippen LogP contribution in [0.15, 0.2) is 65.8 Å². The van der Waals surface area contributed by atoms with E-state index in [4.69, 9.17) is 4.84 Å². The Balaban J connectivity index is 1.81. The van der Waals surface area contributed by atoms with Crippen LogP contribution in [0.3, 0.4) is 0 Å². The SMILES string of the molecule is O=C(O)[C@@H]1C(c2ccccc2)=NO[C@@H]1C(=O)Nc1ccccc1. The molecule has 6 nitrogen and oxygen atoms in total. The van der Waals surface area contributed by atoms with Crippen molar-refractivity contribution >= 4 is 23.3 Å². The zero-order chi connectivity index (χ0) is 16.2. The van der Waals surface area contributed by atoms with Crippen molar-refractivity contribution in [1.29, 1.82) is 0 Å². The van der Waals surface area contributed by atoms with Crippen LogP contribution in [0.25, 0.3) is 0 Å². The van der Waals surface area contributed by atoms with Crippen LogP contribution >= 0.6 is 0 Å². The van der Waals surface area contributed by atoms with Crippen LogP contribution in [0.5, 0.6) is 0 Å². The van der Waals surface area contributed by atoms with E-state index < -0.39 is 23.9 Å². The van der Waals surface area contributed by atoms with Gasteiger partial charge in [-0.2, -0.15) is 0 Å². The van der Waals surface area contributed by atoms with Crippen molar-refractivity contribution in [2.75, 3.05) is 5.32 Å². The number of oxime groups is 1. The van der Waals surface area contributed by atoms with Crippen LogP contribution < -0.4 is 5.32 Å². The van der Waals surface area contributed by atoms with Gasteiger partial charge in [0.1, 0.15) is 5.71 Å². The number of hydrogen-bond donors (Lipinski definition) is 2. The Hall–Kier alpha value is -3.15. The predicted molar refractivity (Wildman–Crippen MR) is 84.0 cm³/mol. The Morgan fingerprint density at radius 1 is 1.00 bits per heavy atom. The molecule has 1 amide bonds. The second kappa shape index (κ2) is 6.31. The number of para-hydroxylation sites is 1. The summed E-state index contributed by atoms with van der Waals surface area (Å²) in [5.41, 5.74) is 1.43. The molecule has 2 aromatic carbocycles. The summed E-state index contributed by atoms with van der Waals surface area (Å²) in [6.07, 6.45) is -1.21. The zero-order valence-electron chi connectivity index (χ0n) is 12.0. The van der Waals surface area contributed by atoms with Gasteiger partial charge >= 0.3 is 5.97 Å². The van der Waals surface area contributed by atoms with E-state index >= 15 is 0 Å². The van der Waals surface area contributed by atoms with Gasteiger partial charge in [0.2, 0.25) is 6.10 Å². The molecule has 0 aromatic heterocycles. The van der Waals surface area contributed by atoms with E-state index in [0.29, 0.717) is 11.3 Å². The molecule has 23 heavy (non-hydrogen) atoms. The molecule has 2 aromatic rings. The standard InChI is InChI=1S/C17H14N2O4/c20-16(18-12-9-5-2-6-10-12)15-13(17(21)22)14(19-23-15)11-7-3-1-4-8-11/h1-10,13,15H,(H,18,20)(H,21,22)/t13-,15+/m1/s1. The van der Waals surface area contributed by atoms with Gasteiger partial charge in [0.25, 0.3) is 5.91 Å². The lowest BCUT2D eigenvalue weighted by molar-refractivity contribution is -0.146. The fourth-order valence-corrected chi connectivity index (χ4v) is 2.40. The van der Waals surface area contributed by atoms with Crippen molar-refractivity contribution in [3.63, 3.8) is 0 Å². The monoisotopic (exact) mass is 310 g/mol. The number of benzene rings is 2. The third kappa shape index (κ3) is 3.06. The number of nitrogens with one attached hydrogen (secondary N) is 1. The zero-order valence-corrected chi connectivity index (χ0v) is 12.0. The maximum absolute atomic E-state index is 12.3. The van der Waals surface area contributed by atoms with Crippen molar-refractivity contribution in [3.05, 3.63) is 66.2 Å². The molecule has 1 aliphatic rings. The van der Waals surface area contributed by atoms with Crippen LogP contribution in [-0.4, -0.2) is 28.8 Å². The Labute approximate surface area is 132 Å². The first kappa shape index (κ1) is 14.8. The van der Waals surface area contributed by atoms with Crippen molar-refractivity contribution in [3.8, 4) is 0 Å². The largest absolute Gasteiger partial charge is 0.481 e. The fourth-order valence-electron chi connectivity index (χ4n) is 2.40. The molecule has 0 saturated carbocycles. The third-order valence-corrected chi connectivity index (χ3v) is 3.50. The highest BCUT2D eigenvalue weighted by atomic mass is 16.6. The van der Waals surface area contributed by atoms with Gasteiger partial charge < -0.3 is 15.3 Å². The third-order valence-electron chi connectivity index (χ3n) is 3.50. The van der Waals surface area contributed by atoms with E-state index in [0.717, 1.165) is 0 Å². The van der Waals surface area contributed by atoms with Gasteiger partial charge in [0, 0.05) is 11.3 Å². The summed E-state index contributed by atoms with van der Waals surface area (Å²) in [5, 5.41) is 16.0. The van der Waals surface area contributed by atoms with Gasteiger partial charge in [-0.25, -0.2) is 0 Å². The number of amides is 1. The lowest BCUT2D eigenvalue weighted by Crippen LogP contribution is -2.40. The fraction of sp³-hybridized carbons (Fsp3) is 0.118. The van der Waals surface area contributed by atoms with E-state index in [2.05, 4.69) is 10.5 Å². The molecule has 0 aliphatic carbocycles. The van der Waals surface area contributed by atoms with Gasteiger partial charge in [-0.05, 0) is 12.1 Å². The van der Waals surface area contributed by atoms with Gasteiger partial charge in [0.05, 0.1) is 0 Å². The minimum Gasteiger partial charge on any atom is -0.481 e. The normalized spacial score (nSPS) is 19.6. The second-order valence-electron chi connectivity index (χ2n) is 5.04. The molecule has 0 radical (unpaired) electrons. The molecule has 2 N–H and O–H groups in total. The number of rotatable bonds is 4. The maximum Gasteiger partial charge on any atom is 0.317 e. The van der Waals surface area contributed by atoms with Gasteiger partial charge in [-0.15, -0.1) is 0 Å². The number of carboxylic acid groups (broad SMARTS) is 1. The first-order valence-corrected chi connectivity index (χ1v) is 7.04. The smallest absolute Gasteiger partial charge is 0.317 e. The molecule has 1 aliphatic heterocycles. The van der Waals surface area contributed by atoms with Gasteiger partial charge in [-0.1, -0.05) is 53.7 Å². The molecule has 0 saturated heterocycles. The summed E-state index contributed by atoms with van der Waals surface area (Å²) in [6, 6.07) is 17.6. The molecule has 0 bridgehead atoms. The van der Waals surface area contributed by atoms with E-state index in [-0.39, 0.29) is 5.71 Å². The summed E-state index contributed by atoms with van der Waals surface area (Å²) in [4.78, 5) is 29.1. The minimum atomic E-state index is -1.21. The molecule has 0 unspecified atom stereocenters. The van der Waals surface area contributed by atoms with Crippen molar-refractivity contribution < 1.29 is 19.5 Å². The molecule has 2 atom stereocenters. The summed E-state index contributed by atoms with van der Waals surface area (Å²) < 4.78 is 0. The van der Waals surface area contributed by atoms with Gasteiger partial charge in [-0.3, -0.25) is 9.59 Å². The molecule has 116 valence electrons. The average Bonchev–Trinajstić information content (AvgIpc) is 3.02. The van der Waals surface area contributed by atoms with Crippen molar-refractivity contribution in [2.45, 2.75) is 6.10 Å². The summed E-state index contributed by atoms with van der Waals surface area (Å²) in [6.45, 7) is 0. The highest BCUT2D eigenvalue weighted by Gasteiger charge is 2.45. The molecule has 6 heteroatoms. The number of anilines is 1. The molecular formula is C17H14N2O4. The minimum absolute atomic E-state index is 0.242.